The van der Waals surface area contributed by atoms with E-state index in [1.54, 1.807) is 31.3 Å². The zero-order valence-electron chi connectivity index (χ0n) is 13.1. The van der Waals surface area contributed by atoms with Gasteiger partial charge < -0.3 is 18.8 Å². The van der Waals surface area contributed by atoms with Gasteiger partial charge in [0.1, 0.15) is 5.75 Å². The van der Waals surface area contributed by atoms with Crippen LogP contribution in [0.5, 0.6) is 5.75 Å². The summed E-state index contributed by atoms with van der Waals surface area (Å²) in [4.78, 5) is 14.4. The van der Waals surface area contributed by atoms with Crippen LogP contribution in [0.25, 0.3) is 0 Å². The van der Waals surface area contributed by atoms with Crippen LogP contribution < -0.4 is 4.74 Å². The van der Waals surface area contributed by atoms with Gasteiger partial charge in [-0.25, -0.2) is 0 Å². The van der Waals surface area contributed by atoms with E-state index in [2.05, 4.69) is 0 Å². The van der Waals surface area contributed by atoms with Gasteiger partial charge in [-0.15, -0.1) is 0 Å². The number of amides is 1. The Labute approximate surface area is 130 Å². The number of benzene rings is 1. The summed E-state index contributed by atoms with van der Waals surface area (Å²) in [6, 6.07) is 10.9. The summed E-state index contributed by atoms with van der Waals surface area (Å²) in [5.74, 6) is 0.905. The van der Waals surface area contributed by atoms with Crippen molar-refractivity contribution in [3.8, 4) is 5.75 Å². The number of ether oxygens (including phenoxy) is 2. The lowest BCUT2D eigenvalue weighted by Gasteiger charge is -2.28. The molecule has 1 heterocycles. The third-order valence-corrected chi connectivity index (χ3v) is 3.47. The number of rotatable bonds is 7. The van der Waals surface area contributed by atoms with Gasteiger partial charge >= 0.3 is 0 Å². The maximum atomic E-state index is 12.7. The van der Waals surface area contributed by atoms with Gasteiger partial charge in [-0.3, -0.25) is 4.79 Å². The predicted octanol–water partition coefficient (Wildman–Crippen LogP) is 2.97. The quantitative estimate of drug-likeness (QED) is 0.789. The summed E-state index contributed by atoms with van der Waals surface area (Å²) in [7, 11) is 3.24. The van der Waals surface area contributed by atoms with Crippen LogP contribution in [0.3, 0.4) is 0 Å². The molecule has 5 nitrogen and oxygen atoms in total. The van der Waals surface area contributed by atoms with E-state index in [0.717, 1.165) is 11.3 Å². The van der Waals surface area contributed by atoms with Gasteiger partial charge in [0.05, 0.1) is 32.6 Å². The number of methoxy groups -OCH3 is 2. The SMILES string of the molecule is COC[C@@H](C)N(Cc1ccccc1OC)C(=O)c1ccco1. The second-order valence-electron chi connectivity index (χ2n) is 5.03. The number of carbonyl (C=O) groups is 1. The van der Waals surface area contributed by atoms with E-state index in [9.17, 15) is 4.79 Å². The summed E-state index contributed by atoms with van der Waals surface area (Å²) < 4.78 is 15.8. The minimum atomic E-state index is -0.166. The van der Waals surface area contributed by atoms with Crippen molar-refractivity contribution in [1.29, 1.82) is 0 Å². The Bertz CT molecular complexity index is 594. The fraction of sp³-hybridized carbons (Fsp3) is 0.353. The van der Waals surface area contributed by atoms with E-state index < -0.39 is 0 Å². The molecule has 0 aliphatic heterocycles. The molecule has 0 saturated heterocycles. The molecule has 5 heteroatoms. The normalized spacial score (nSPS) is 12.0. The van der Waals surface area contributed by atoms with Crippen molar-refractivity contribution in [2.75, 3.05) is 20.8 Å². The molecule has 0 radical (unpaired) electrons. The van der Waals surface area contributed by atoms with Gasteiger partial charge in [0.2, 0.25) is 0 Å². The largest absolute Gasteiger partial charge is 0.496 e. The van der Waals surface area contributed by atoms with Crippen molar-refractivity contribution >= 4 is 5.91 Å². The highest BCUT2D eigenvalue weighted by atomic mass is 16.5. The molecule has 0 aliphatic rings. The Morgan fingerprint density at radius 3 is 2.64 bits per heavy atom. The molecule has 0 unspecified atom stereocenters. The van der Waals surface area contributed by atoms with Crippen molar-refractivity contribution < 1.29 is 18.7 Å². The van der Waals surface area contributed by atoms with Gasteiger partial charge in [0.25, 0.3) is 5.91 Å². The van der Waals surface area contributed by atoms with Gasteiger partial charge in [-0.1, -0.05) is 18.2 Å². The predicted molar refractivity (Wildman–Crippen MR) is 82.9 cm³/mol. The van der Waals surface area contributed by atoms with Crippen molar-refractivity contribution in [2.24, 2.45) is 0 Å². The summed E-state index contributed by atoms with van der Waals surface area (Å²) in [5.41, 5.74) is 0.938. The molecule has 1 aromatic carbocycles. The van der Waals surface area contributed by atoms with Crippen LogP contribution in [-0.4, -0.2) is 37.7 Å². The second-order valence-corrected chi connectivity index (χ2v) is 5.03. The van der Waals surface area contributed by atoms with Crippen LogP contribution in [0.4, 0.5) is 0 Å². The van der Waals surface area contributed by atoms with Crippen LogP contribution in [0, 0.1) is 0 Å². The van der Waals surface area contributed by atoms with Gasteiger partial charge in [0, 0.05) is 12.7 Å². The molecule has 2 aromatic rings. The Hall–Kier alpha value is -2.27. The average molecular weight is 303 g/mol. The van der Waals surface area contributed by atoms with Gasteiger partial charge in [-0.05, 0) is 25.1 Å². The first kappa shape index (κ1) is 16.1. The lowest BCUT2D eigenvalue weighted by atomic mass is 10.1. The molecule has 0 fully saturated rings. The first-order chi connectivity index (χ1) is 10.7. The zero-order valence-corrected chi connectivity index (χ0v) is 13.1. The van der Waals surface area contributed by atoms with E-state index in [4.69, 9.17) is 13.9 Å². The van der Waals surface area contributed by atoms with Crippen LogP contribution in [0.2, 0.25) is 0 Å². The topological polar surface area (TPSA) is 51.9 Å². The van der Waals surface area contributed by atoms with Crippen LogP contribution in [-0.2, 0) is 11.3 Å². The number of hydrogen-bond acceptors (Lipinski definition) is 4. The maximum Gasteiger partial charge on any atom is 0.290 e. The Kier molecular flexibility index (Phi) is 5.61. The highest BCUT2D eigenvalue weighted by Crippen LogP contribution is 2.22. The van der Waals surface area contributed by atoms with Crippen LogP contribution in [0.1, 0.15) is 23.0 Å². The molecule has 1 amide bonds. The molecule has 0 bridgehead atoms. The second kappa shape index (κ2) is 7.66. The van der Waals surface area contributed by atoms with Crippen LogP contribution in [0.15, 0.2) is 47.1 Å². The number of para-hydroxylation sites is 1. The lowest BCUT2D eigenvalue weighted by Crippen LogP contribution is -2.40. The molecule has 0 aliphatic carbocycles. The maximum absolute atomic E-state index is 12.7. The van der Waals surface area contributed by atoms with Crippen molar-refractivity contribution in [2.45, 2.75) is 19.5 Å². The molecule has 22 heavy (non-hydrogen) atoms. The van der Waals surface area contributed by atoms with E-state index in [1.165, 1.54) is 6.26 Å². The van der Waals surface area contributed by atoms with Crippen molar-refractivity contribution in [3.63, 3.8) is 0 Å². The van der Waals surface area contributed by atoms with Crippen LogP contribution >= 0.6 is 0 Å². The summed E-state index contributed by atoms with van der Waals surface area (Å²) in [6.45, 7) is 2.81. The summed E-state index contributed by atoms with van der Waals surface area (Å²) in [6.07, 6.45) is 1.50. The van der Waals surface area contributed by atoms with Gasteiger partial charge in [-0.2, -0.15) is 0 Å². The Morgan fingerprint density at radius 1 is 1.23 bits per heavy atom. The lowest BCUT2D eigenvalue weighted by molar-refractivity contribution is 0.0511. The first-order valence-electron chi connectivity index (χ1n) is 7.12. The Balaban J connectivity index is 2.26. The number of nitrogens with zero attached hydrogens (tertiary/aromatic N) is 1. The third kappa shape index (κ3) is 3.68. The summed E-state index contributed by atoms with van der Waals surface area (Å²) >= 11 is 0. The third-order valence-electron chi connectivity index (χ3n) is 3.47. The molecule has 1 atom stereocenters. The fourth-order valence-corrected chi connectivity index (χ4v) is 2.32. The zero-order chi connectivity index (χ0) is 15.9. The van der Waals surface area contributed by atoms with E-state index in [1.807, 2.05) is 31.2 Å². The van der Waals surface area contributed by atoms with Crippen molar-refractivity contribution in [1.82, 2.24) is 4.90 Å². The Morgan fingerprint density at radius 2 is 2.00 bits per heavy atom. The van der Waals surface area contributed by atoms with E-state index in [-0.39, 0.29) is 11.9 Å². The molecule has 0 N–H and O–H groups in total. The fourth-order valence-electron chi connectivity index (χ4n) is 2.32. The molecular weight excluding hydrogens is 282 g/mol. The first-order valence-corrected chi connectivity index (χ1v) is 7.12. The average Bonchev–Trinajstić information content (AvgIpc) is 3.07. The monoisotopic (exact) mass is 303 g/mol. The van der Waals surface area contributed by atoms with Crippen molar-refractivity contribution in [3.05, 3.63) is 54.0 Å². The molecular formula is C17H21NO4. The molecule has 118 valence electrons. The minimum Gasteiger partial charge on any atom is -0.496 e. The molecule has 0 saturated carbocycles. The standard InChI is InChI=1S/C17H21NO4/c1-13(12-20-2)18(17(19)16-9-6-10-22-16)11-14-7-4-5-8-15(14)21-3/h4-10,13H,11-12H2,1-3H3/t13-/m1/s1. The highest BCUT2D eigenvalue weighted by Gasteiger charge is 2.24. The molecule has 2 rings (SSSR count). The number of furan rings is 1. The highest BCUT2D eigenvalue weighted by molar-refractivity contribution is 5.91. The molecule has 1 aromatic heterocycles. The number of carbonyl (C=O) groups excluding carboxylic acids is 1. The van der Waals surface area contributed by atoms with E-state index in [0.29, 0.717) is 18.9 Å². The van der Waals surface area contributed by atoms with Gasteiger partial charge in [0.15, 0.2) is 5.76 Å². The smallest absolute Gasteiger partial charge is 0.290 e. The molecule has 0 spiro atoms. The number of hydrogen-bond donors (Lipinski definition) is 0. The minimum absolute atomic E-state index is 0.0903. The summed E-state index contributed by atoms with van der Waals surface area (Å²) in [5, 5.41) is 0. The van der Waals surface area contributed by atoms with E-state index >= 15 is 0 Å².